The Morgan fingerprint density at radius 1 is 0.865 bits per heavy atom. The highest BCUT2D eigenvalue weighted by atomic mass is 35.5. The first kappa shape index (κ1) is 26.1. The lowest BCUT2D eigenvalue weighted by molar-refractivity contribution is -0.119. The summed E-state index contributed by atoms with van der Waals surface area (Å²) >= 11 is 12.8. The summed E-state index contributed by atoms with van der Waals surface area (Å²) in [5.74, 6) is 0.371. The number of nitrogens with zero attached hydrogens (tertiary/aromatic N) is 1. The van der Waals surface area contributed by atoms with E-state index < -0.39 is 5.92 Å². The third-order valence-corrected chi connectivity index (χ3v) is 8.28. The van der Waals surface area contributed by atoms with Gasteiger partial charge in [0.1, 0.15) is 12.4 Å². The summed E-state index contributed by atoms with van der Waals surface area (Å²) in [7, 11) is 2.02. The van der Waals surface area contributed by atoms with E-state index in [1.165, 1.54) is 0 Å². The number of carbonyl (C=O) groups excluding carboxylic acids is 2. The highest BCUT2D eigenvalue weighted by Crippen LogP contribution is 2.54. The Morgan fingerprint density at radius 3 is 2.00 bits per heavy atom. The fourth-order valence-electron chi connectivity index (χ4n) is 6.10. The topological polar surface area (TPSA) is 46.6 Å². The lowest BCUT2D eigenvalue weighted by atomic mass is 9.64. The molecule has 0 saturated carbocycles. The molecule has 0 bridgehead atoms. The van der Waals surface area contributed by atoms with Crippen molar-refractivity contribution in [1.82, 2.24) is 4.90 Å². The molecule has 0 amide bonds. The number of rotatable bonds is 4. The minimum absolute atomic E-state index is 0.115. The Bertz CT molecular complexity index is 1310. The summed E-state index contributed by atoms with van der Waals surface area (Å²) in [5.41, 5.74) is 5.11. The molecule has 0 fully saturated rings. The molecular formula is C31H33Cl2NO3. The molecule has 0 spiro atoms. The van der Waals surface area contributed by atoms with Crippen molar-refractivity contribution in [2.45, 2.75) is 65.9 Å². The predicted molar refractivity (Wildman–Crippen MR) is 148 cm³/mol. The number of hydrogen-bond acceptors (Lipinski definition) is 4. The maximum Gasteiger partial charge on any atom is 0.162 e. The number of benzene rings is 2. The van der Waals surface area contributed by atoms with E-state index in [1.807, 2.05) is 49.5 Å². The Hall–Kier alpha value is -2.56. The highest BCUT2D eigenvalue weighted by molar-refractivity contribution is 6.32. The van der Waals surface area contributed by atoms with Gasteiger partial charge in [0.05, 0.1) is 5.02 Å². The molecule has 6 heteroatoms. The summed E-state index contributed by atoms with van der Waals surface area (Å²) in [5, 5.41) is 1.11. The van der Waals surface area contributed by atoms with Crippen LogP contribution < -0.4 is 4.74 Å². The molecule has 37 heavy (non-hydrogen) atoms. The van der Waals surface area contributed by atoms with Crippen LogP contribution in [0.25, 0.3) is 0 Å². The second-order valence-electron chi connectivity index (χ2n) is 12.2. The number of hydrogen-bond donors (Lipinski definition) is 0. The molecule has 2 aromatic rings. The van der Waals surface area contributed by atoms with Gasteiger partial charge in [-0.2, -0.15) is 0 Å². The van der Waals surface area contributed by atoms with Gasteiger partial charge in [-0.1, -0.05) is 69.1 Å². The van der Waals surface area contributed by atoms with Gasteiger partial charge >= 0.3 is 0 Å². The Labute approximate surface area is 229 Å². The third kappa shape index (κ3) is 4.98. The van der Waals surface area contributed by atoms with Crippen LogP contribution in [-0.4, -0.2) is 23.5 Å². The number of carbonyl (C=O) groups is 2. The average Bonchev–Trinajstić information content (AvgIpc) is 2.78. The van der Waals surface area contributed by atoms with E-state index in [9.17, 15) is 9.59 Å². The number of Topliss-reactive ketones (excluding diaryl/α,β-unsaturated/α-hetero) is 2. The van der Waals surface area contributed by atoms with Crippen LogP contribution in [-0.2, 0) is 16.2 Å². The van der Waals surface area contributed by atoms with Crippen LogP contribution in [0.3, 0.4) is 0 Å². The summed E-state index contributed by atoms with van der Waals surface area (Å²) in [6, 6.07) is 13.2. The van der Waals surface area contributed by atoms with Gasteiger partial charge in [0.15, 0.2) is 11.6 Å². The Balaban J connectivity index is 1.56. The van der Waals surface area contributed by atoms with Crippen LogP contribution in [0.5, 0.6) is 5.75 Å². The van der Waals surface area contributed by atoms with Crippen molar-refractivity contribution >= 4 is 34.8 Å². The van der Waals surface area contributed by atoms with Crippen LogP contribution in [0.2, 0.25) is 10.0 Å². The Morgan fingerprint density at radius 2 is 1.46 bits per heavy atom. The molecule has 0 unspecified atom stereocenters. The lowest BCUT2D eigenvalue weighted by Crippen LogP contribution is -2.43. The van der Waals surface area contributed by atoms with Gasteiger partial charge in [-0.05, 0) is 59.1 Å². The average molecular weight is 539 g/mol. The minimum atomic E-state index is -0.409. The predicted octanol–water partition coefficient (Wildman–Crippen LogP) is 7.89. The van der Waals surface area contributed by atoms with Crippen LogP contribution in [0.1, 0.15) is 70.4 Å². The molecule has 4 nitrogen and oxygen atoms in total. The number of allylic oxidation sites excluding steroid dienone is 4. The Kier molecular flexibility index (Phi) is 6.57. The minimum Gasteiger partial charge on any atom is -0.487 e. The zero-order valence-electron chi connectivity index (χ0n) is 22.1. The zero-order chi connectivity index (χ0) is 26.7. The first-order chi connectivity index (χ1) is 17.3. The molecular weight excluding hydrogens is 505 g/mol. The van der Waals surface area contributed by atoms with E-state index >= 15 is 0 Å². The molecule has 0 N–H and O–H groups in total. The van der Waals surface area contributed by atoms with Crippen LogP contribution in [0.4, 0.5) is 0 Å². The van der Waals surface area contributed by atoms with Crippen molar-refractivity contribution in [3.8, 4) is 5.75 Å². The van der Waals surface area contributed by atoms with Gasteiger partial charge in [0.2, 0.25) is 0 Å². The normalized spacial score (nSPS) is 21.2. The summed E-state index contributed by atoms with van der Waals surface area (Å²) in [6.07, 6.45) is 2.52. The highest BCUT2D eigenvalue weighted by Gasteiger charge is 2.48. The third-order valence-electron chi connectivity index (χ3n) is 7.75. The van der Waals surface area contributed by atoms with E-state index in [0.29, 0.717) is 35.2 Å². The molecule has 0 aromatic heterocycles. The van der Waals surface area contributed by atoms with Gasteiger partial charge in [-0.15, -0.1) is 0 Å². The van der Waals surface area contributed by atoms with Gasteiger partial charge in [0.25, 0.3) is 0 Å². The molecule has 194 valence electrons. The van der Waals surface area contributed by atoms with Gasteiger partial charge in [-0.25, -0.2) is 0 Å². The second-order valence-corrected chi connectivity index (χ2v) is 13.0. The maximum absolute atomic E-state index is 13.6. The first-order valence-corrected chi connectivity index (χ1v) is 13.5. The summed E-state index contributed by atoms with van der Waals surface area (Å²) in [4.78, 5) is 29.4. The van der Waals surface area contributed by atoms with E-state index in [4.69, 9.17) is 27.9 Å². The summed E-state index contributed by atoms with van der Waals surface area (Å²) < 4.78 is 5.99. The van der Waals surface area contributed by atoms with E-state index in [1.54, 1.807) is 0 Å². The molecule has 3 aliphatic rings. The van der Waals surface area contributed by atoms with Crippen molar-refractivity contribution in [3.05, 3.63) is 86.2 Å². The van der Waals surface area contributed by atoms with Gasteiger partial charge in [0, 0.05) is 53.4 Å². The molecule has 0 atom stereocenters. The standard InChI is InChI=1S/C31H33Cl2NO3/c1-30(2)13-22-28(24(35)15-30)27(29-23(34(22)5)14-31(3,4)16-25(29)36)19-9-10-26(21(33)12-19)37-17-18-7-6-8-20(32)11-18/h6-12,27H,13-17H2,1-5H3. The molecule has 0 radical (unpaired) electrons. The van der Waals surface area contributed by atoms with Crippen molar-refractivity contribution in [1.29, 1.82) is 0 Å². The number of halogens is 2. The second kappa shape index (κ2) is 9.32. The fraction of sp³-hybridized carbons (Fsp3) is 0.419. The zero-order valence-corrected chi connectivity index (χ0v) is 23.6. The van der Waals surface area contributed by atoms with Crippen LogP contribution in [0.15, 0.2) is 65.0 Å². The van der Waals surface area contributed by atoms with E-state index in [0.717, 1.165) is 46.5 Å². The summed E-state index contributed by atoms with van der Waals surface area (Å²) in [6.45, 7) is 8.89. The van der Waals surface area contributed by atoms with Gasteiger partial charge in [-0.3, -0.25) is 9.59 Å². The lowest BCUT2D eigenvalue weighted by Gasteiger charge is -2.47. The van der Waals surface area contributed by atoms with Crippen molar-refractivity contribution in [2.24, 2.45) is 10.8 Å². The molecule has 2 aromatic carbocycles. The van der Waals surface area contributed by atoms with Crippen molar-refractivity contribution in [3.63, 3.8) is 0 Å². The monoisotopic (exact) mass is 537 g/mol. The number of ether oxygens (including phenoxy) is 1. The van der Waals surface area contributed by atoms with E-state index in [2.05, 4.69) is 32.6 Å². The molecule has 1 heterocycles. The smallest absolute Gasteiger partial charge is 0.162 e. The van der Waals surface area contributed by atoms with Crippen molar-refractivity contribution in [2.75, 3.05) is 7.05 Å². The fourth-order valence-corrected chi connectivity index (χ4v) is 6.56. The molecule has 5 rings (SSSR count). The first-order valence-electron chi connectivity index (χ1n) is 12.8. The van der Waals surface area contributed by atoms with Crippen molar-refractivity contribution < 1.29 is 14.3 Å². The quantitative estimate of drug-likeness (QED) is 0.397. The largest absolute Gasteiger partial charge is 0.487 e. The maximum atomic E-state index is 13.6. The van der Waals surface area contributed by atoms with E-state index in [-0.39, 0.29) is 22.4 Å². The molecule has 1 aliphatic heterocycles. The molecule has 2 aliphatic carbocycles. The number of ketones is 2. The molecule has 0 saturated heterocycles. The van der Waals surface area contributed by atoms with Crippen LogP contribution >= 0.6 is 23.2 Å². The SMILES string of the molecule is CN1C2=C(C(=O)CC(C)(C)C2)C(c2ccc(OCc3cccc(Cl)c3)c(Cl)c2)C2=C1CC(C)(C)CC2=O. The van der Waals surface area contributed by atoms with Gasteiger partial charge < -0.3 is 9.64 Å². The van der Waals surface area contributed by atoms with Crippen LogP contribution in [0, 0.1) is 10.8 Å².